The zero-order chi connectivity index (χ0) is 24.5. The van der Waals surface area contributed by atoms with Gasteiger partial charge in [-0.2, -0.15) is 0 Å². The van der Waals surface area contributed by atoms with E-state index in [9.17, 15) is 9.59 Å². The molecule has 35 heavy (non-hydrogen) atoms. The highest BCUT2D eigenvalue weighted by Crippen LogP contribution is 2.46. The molecule has 3 aliphatic rings. The van der Waals surface area contributed by atoms with E-state index < -0.39 is 5.92 Å². The zero-order valence-corrected chi connectivity index (χ0v) is 20.7. The van der Waals surface area contributed by atoms with Crippen molar-refractivity contribution in [2.24, 2.45) is 0 Å². The lowest BCUT2D eigenvalue weighted by molar-refractivity contribution is -0.144. The lowest BCUT2D eigenvalue weighted by Gasteiger charge is -2.37. The molecule has 5 heteroatoms. The van der Waals surface area contributed by atoms with Crippen molar-refractivity contribution in [3.8, 4) is 5.75 Å². The summed E-state index contributed by atoms with van der Waals surface area (Å²) in [6.45, 7) is 3.97. The third-order valence-corrected chi connectivity index (χ3v) is 7.62. The minimum atomic E-state index is -0.412. The van der Waals surface area contributed by atoms with Gasteiger partial charge in [-0.25, -0.2) is 4.79 Å². The van der Waals surface area contributed by atoms with Crippen LogP contribution < -0.4 is 10.1 Å². The van der Waals surface area contributed by atoms with Crippen LogP contribution in [0.1, 0.15) is 74.0 Å². The lowest BCUT2D eigenvalue weighted by Crippen LogP contribution is -2.36. The van der Waals surface area contributed by atoms with Gasteiger partial charge in [0.05, 0.1) is 12.7 Å². The van der Waals surface area contributed by atoms with Crippen molar-refractivity contribution < 1.29 is 19.1 Å². The summed E-state index contributed by atoms with van der Waals surface area (Å²) in [4.78, 5) is 27.2. The average molecular weight is 472 g/mol. The van der Waals surface area contributed by atoms with Gasteiger partial charge in [0.25, 0.3) is 0 Å². The van der Waals surface area contributed by atoms with Gasteiger partial charge < -0.3 is 14.8 Å². The molecule has 0 radical (unpaired) electrons. The Morgan fingerprint density at radius 3 is 2.23 bits per heavy atom. The van der Waals surface area contributed by atoms with Crippen LogP contribution in [0.3, 0.4) is 0 Å². The standard InChI is InChI=1S/C30H33NO4/c1-18-8-10-21(11-9-18)28-27(30(33)35-24-6-4-5-7-24)19(2)31-25-16-22(17-26(32)29(25)28)20-12-14-23(34-3)15-13-20/h8-15,22,24,28,31H,4-7,16-17H2,1-3H3. The van der Waals surface area contributed by atoms with Crippen LogP contribution in [0.25, 0.3) is 0 Å². The second-order valence-corrected chi connectivity index (χ2v) is 10.0. The molecule has 5 nitrogen and oxygen atoms in total. The van der Waals surface area contributed by atoms with Crippen molar-refractivity contribution in [1.29, 1.82) is 0 Å². The van der Waals surface area contributed by atoms with Crippen molar-refractivity contribution in [2.45, 2.75) is 70.3 Å². The van der Waals surface area contributed by atoms with Gasteiger partial charge in [0.15, 0.2) is 5.78 Å². The van der Waals surface area contributed by atoms with Gasteiger partial charge in [0.2, 0.25) is 0 Å². The molecule has 1 fully saturated rings. The number of benzene rings is 2. The van der Waals surface area contributed by atoms with Crippen LogP contribution in [0, 0.1) is 6.92 Å². The van der Waals surface area contributed by atoms with Crippen molar-refractivity contribution >= 4 is 11.8 Å². The average Bonchev–Trinajstić information content (AvgIpc) is 3.36. The van der Waals surface area contributed by atoms with Crippen LogP contribution in [0.4, 0.5) is 0 Å². The van der Waals surface area contributed by atoms with E-state index in [4.69, 9.17) is 9.47 Å². The third kappa shape index (κ3) is 4.64. The summed E-state index contributed by atoms with van der Waals surface area (Å²) in [7, 11) is 1.65. The topological polar surface area (TPSA) is 64.6 Å². The highest BCUT2D eigenvalue weighted by molar-refractivity contribution is 6.04. The molecule has 1 aliphatic heterocycles. The number of allylic oxidation sites excluding steroid dienone is 3. The minimum Gasteiger partial charge on any atom is -0.497 e. The number of rotatable bonds is 5. The first-order chi connectivity index (χ1) is 16.9. The first-order valence-electron chi connectivity index (χ1n) is 12.6. The predicted molar refractivity (Wildman–Crippen MR) is 135 cm³/mol. The van der Waals surface area contributed by atoms with E-state index in [1.165, 1.54) is 0 Å². The lowest BCUT2D eigenvalue weighted by atomic mass is 9.71. The molecule has 0 spiro atoms. The molecule has 0 aromatic heterocycles. The number of hydrogen-bond acceptors (Lipinski definition) is 5. The quantitative estimate of drug-likeness (QED) is 0.554. The largest absolute Gasteiger partial charge is 0.497 e. The number of methoxy groups -OCH3 is 1. The fourth-order valence-electron chi connectivity index (χ4n) is 5.73. The fourth-order valence-corrected chi connectivity index (χ4v) is 5.73. The minimum absolute atomic E-state index is 0.0293. The van der Waals surface area contributed by atoms with Gasteiger partial charge in [0.1, 0.15) is 11.9 Å². The Morgan fingerprint density at radius 2 is 1.57 bits per heavy atom. The number of nitrogens with one attached hydrogen (secondary N) is 1. The molecule has 0 saturated heterocycles. The highest BCUT2D eigenvalue weighted by Gasteiger charge is 2.42. The Labute approximate surface area is 207 Å². The number of hydrogen-bond donors (Lipinski definition) is 1. The van der Waals surface area contributed by atoms with Gasteiger partial charge in [-0.1, -0.05) is 42.0 Å². The summed E-state index contributed by atoms with van der Waals surface area (Å²) in [5.41, 5.74) is 6.19. The van der Waals surface area contributed by atoms with Crippen LogP contribution in [0.5, 0.6) is 5.75 Å². The van der Waals surface area contributed by atoms with E-state index in [-0.39, 0.29) is 23.8 Å². The monoisotopic (exact) mass is 471 g/mol. The molecule has 1 N–H and O–H groups in total. The second-order valence-electron chi connectivity index (χ2n) is 10.0. The van der Waals surface area contributed by atoms with Crippen LogP contribution in [-0.4, -0.2) is 25.0 Å². The SMILES string of the molecule is COc1ccc(C2CC(=O)C3=C(C2)NC(C)=C(C(=O)OC2CCCC2)C3c2ccc(C)cc2)cc1. The van der Waals surface area contributed by atoms with Crippen LogP contribution in [0.15, 0.2) is 71.1 Å². The number of carbonyl (C=O) groups excluding carboxylic acids is 2. The predicted octanol–water partition coefficient (Wildman–Crippen LogP) is 5.85. The third-order valence-electron chi connectivity index (χ3n) is 7.62. The van der Waals surface area contributed by atoms with Crippen LogP contribution in [0.2, 0.25) is 0 Å². The van der Waals surface area contributed by atoms with Crippen molar-refractivity contribution in [3.63, 3.8) is 0 Å². The molecule has 2 aromatic carbocycles. The van der Waals surface area contributed by atoms with E-state index in [2.05, 4.69) is 5.32 Å². The molecule has 0 amide bonds. The number of dihydropyridines is 1. The number of ketones is 1. The molecule has 2 aliphatic carbocycles. The molecular weight excluding hydrogens is 438 g/mol. The molecular formula is C30H33NO4. The first-order valence-corrected chi connectivity index (χ1v) is 12.6. The number of esters is 1. The molecule has 2 atom stereocenters. The Hall–Kier alpha value is -3.34. The normalized spacial score (nSPS) is 22.7. The molecule has 2 unspecified atom stereocenters. The van der Waals surface area contributed by atoms with E-state index >= 15 is 0 Å². The first kappa shape index (κ1) is 23.4. The van der Waals surface area contributed by atoms with Crippen molar-refractivity contribution in [2.75, 3.05) is 7.11 Å². The number of carbonyl (C=O) groups is 2. The Morgan fingerprint density at radius 1 is 0.914 bits per heavy atom. The Bertz CT molecular complexity index is 1180. The smallest absolute Gasteiger partial charge is 0.337 e. The van der Waals surface area contributed by atoms with Gasteiger partial charge in [-0.3, -0.25) is 4.79 Å². The van der Waals surface area contributed by atoms with Crippen molar-refractivity contribution in [1.82, 2.24) is 5.32 Å². The van der Waals surface area contributed by atoms with Gasteiger partial charge in [-0.05, 0) is 75.1 Å². The number of Topliss-reactive ketones (excluding diaryl/α,β-unsaturated/α-hetero) is 1. The number of ether oxygens (including phenoxy) is 2. The fraction of sp³-hybridized carbons (Fsp3) is 0.400. The highest BCUT2D eigenvalue weighted by atomic mass is 16.5. The Kier molecular flexibility index (Phi) is 6.50. The maximum Gasteiger partial charge on any atom is 0.337 e. The summed E-state index contributed by atoms with van der Waals surface area (Å²) in [5, 5.41) is 3.45. The molecule has 1 saturated carbocycles. The second kappa shape index (κ2) is 9.73. The summed E-state index contributed by atoms with van der Waals surface area (Å²) < 4.78 is 11.2. The van der Waals surface area contributed by atoms with E-state index in [0.29, 0.717) is 17.6 Å². The summed E-state index contributed by atoms with van der Waals surface area (Å²) >= 11 is 0. The van der Waals surface area contributed by atoms with E-state index in [1.54, 1.807) is 7.11 Å². The van der Waals surface area contributed by atoms with Crippen LogP contribution in [-0.2, 0) is 14.3 Å². The van der Waals surface area contributed by atoms with Crippen molar-refractivity contribution in [3.05, 3.63) is 87.8 Å². The molecule has 2 aromatic rings. The summed E-state index contributed by atoms with van der Waals surface area (Å²) in [6.07, 6.45) is 5.12. The van der Waals surface area contributed by atoms with E-state index in [0.717, 1.165) is 65.9 Å². The van der Waals surface area contributed by atoms with Gasteiger partial charge >= 0.3 is 5.97 Å². The molecule has 1 heterocycles. The maximum absolute atomic E-state index is 13.7. The zero-order valence-electron chi connectivity index (χ0n) is 20.7. The van der Waals surface area contributed by atoms with E-state index in [1.807, 2.05) is 62.4 Å². The molecule has 5 rings (SSSR count). The summed E-state index contributed by atoms with van der Waals surface area (Å²) in [5.74, 6) is 0.256. The molecule has 182 valence electrons. The Balaban J connectivity index is 1.51. The molecule has 0 bridgehead atoms. The maximum atomic E-state index is 13.7. The van der Waals surface area contributed by atoms with Gasteiger partial charge in [-0.15, -0.1) is 0 Å². The van der Waals surface area contributed by atoms with Gasteiger partial charge in [0, 0.05) is 29.3 Å². The van der Waals surface area contributed by atoms with Crippen LogP contribution >= 0.6 is 0 Å². The summed E-state index contributed by atoms with van der Waals surface area (Å²) in [6, 6.07) is 16.1. The number of aryl methyl sites for hydroxylation is 1.